The first-order valence-corrected chi connectivity index (χ1v) is 9.04. The molecule has 0 radical (unpaired) electrons. The third-order valence-electron chi connectivity index (χ3n) is 3.64. The molecular formula is C16H20N2O4S. The Morgan fingerprint density at radius 2 is 1.96 bits per heavy atom. The molecule has 2 rings (SSSR count). The summed E-state index contributed by atoms with van der Waals surface area (Å²) >= 11 is 0. The van der Waals surface area contributed by atoms with E-state index in [1.54, 1.807) is 20.0 Å². The molecule has 1 aromatic heterocycles. The highest BCUT2D eigenvalue weighted by molar-refractivity contribution is 7.91. The van der Waals surface area contributed by atoms with E-state index in [1.165, 1.54) is 4.90 Å². The van der Waals surface area contributed by atoms with Gasteiger partial charge < -0.3 is 9.42 Å². The summed E-state index contributed by atoms with van der Waals surface area (Å²) in [4.78, 5) is 13.7. The number of hydrogen-bond acceptors (Lipinski definition) is 5. The van der Waals surface area contributed by atoms with Gasteiger partial charge in [-0.25, -0.2) is 8.42 Å². The lowest BCUT2D eigenvalue weighted by atomic mass is 10.1. The van der Waals surface area contributed by atoms with Gasteiger partial charge in [-0.3, -0.25) is 4.79 Å². The smallest absolute Gasteiger partial charge is 0.238 e. The van der Waals surface area contributed by atoms with E-state index in [4.69, 9.17) is 4.52 Å². The highest BCUT2D eigenvalue weighted by Gasteiger charge is 2.24. The second-order valence-electron chi connectivity index (χ2n) is 5.56. The number of carbonyl (C=O) groups excluding carboxylic acids is 1. The predicted molar refractivity (Wildman–Crippen MR) is 86.4 cm³/mol. The van der Waals surface area contributed by atoms with E-state index in [0.29, 0.717) is 5.69 Å². The lowest BCUT2D eigenvalue weighted by molar-refractivity contribution is -0.129. The van der Waals surface area contributed by atoms with Crippen LogP contribution in [0.4, 0.5) is 0 Å². The fraction of sp³-hybridized carbons (Fsp3) is 0.375. The van der Waals surface area contributed by atoms with E-state index in [9.17, 15) is 13.2 Å². The van der Waals surface area contributed by atoms with Crippen molar-refractivity contribution in [2.24, 2.45) is 0 Å². The number of amides is 1. The topological polar surface area (TPSA) is 80.5 Å². The Morgan fingerprint density at radius 1 is 1.30 bits per heavy atom. The minimum Gasteiger partial charge on any atom is -0.360 e. The molecule has 0 spiro atoms. The average molecular weight is 336 g/mol. The summed E-state index contributed by atoms with van der Waals surface area (Å²) in [5.74, 6) is -1.08. The zero-order valence-corrected chi connectivity index (χ0v) is 14.2. The standard InChI is InChI=1S/C16H20N2O4S/c1-12-9-15(22-17-12)10-23(20,21)11-16(19)18(3)13(2)14-7-5-4-6-8-14/h4-9,13H,10-11H2,1-3H3. The van der Waals surface area contributed by atoms with Gasteiger partial charge in [0.15, 0.2) is 15.6 Å². The largest absolute Gasteiger partial charge is 0.360 e. The molecule has 0 aliphatic heterocycles. The number of aryl methyl sites for hydroxylation is 1. The number of sulfone groups is 1. The minimum absolute atomic E-state index is 0.202. The molecule has 7 heteroatoms. The van der Waals surface area contributed by atoms with Gasteiger partial charge in [0.1, 0.15) is 11.5 Å². The first kappa shape index (κ1) is 17.2. The van der Waals surface area contributed by atoms with Crippen LogP contribution in [0.2, 0.25) is 0 Å². The van der Waals surface area contributed by atoms with E-state index in [0.717, 1.165) is 5.56 Å². The van der Waals surface area contributed by atoms with Crippen molar-refractivity contribution in [3.8, 4) is 0 Å². The maximum absolute atomic E-state index is 12.3. The summed E-state index contributed by atoms with van der Waals surface area (Å²) in [7, 11) is -2.00. The molecule has 1 amide bonds. The molecule has 124 valence electrons. The molecule has 23 heavy (non-hydrogen) atoms. The summed E-state index contributed by atoms with van der Waals surface area (Å²) in [6.45, 7) is 3.57. The summed E-state index contributed by atoms with van der Waals surface area (Å²) in [5, 5.41) is 3.65. The van der Waals surface area contributed by atoms with Gasteiger partial charge in [0, 0.05) is 13.1 Å². The molecule has 0 fully saturated rings. The number of rotatable bonds is 6. The van der Waals surface area contributed by atoms with Gasteiger partial charge >= 0.3 is 0 Å². The Labute approximate surface area is 136 Å². The normalized spacial score (nSPS) is 12.8. The highest BCUT2D eigenvalue weighted by Crippen LogP contribution is 2.19. The number of hydrogen-bond donors (Lipinski definition) is 0. The Bertz CT molecular complexity index is 768. The van der Waals surface area contributed by atoms with Gasteiger partial charge in [-0.15, -0.1) is 0 Å². The van der Waals surface area contributed by atoms with Gasteiger partial charge in [0.2, 0.25) is 5.91 Å². The number of aromatic nitrogens is 1. The van der Waals surface area contributed by atoms with E-state index < -0.39 is 21.5 Å². The van der Waals surface area contributed by atoms with Crippen molar-refractivity contribution in [2.45, 2.75) is 25.6 Å². The maximum atomic E-state index is 12.3. The lowest BCUT2D eigenvalue weighted by Crippen LogP contribution is -2.34. The second-order valence-corrected chi connectivity index (χ2v) is 7.62. The van der Waals surface area contributed by atoms with Gasteiger partial charge in [-0.1, -0.05) is 35.5 Å². The molecule has 6 nitrogen and oxygen atoms in total. The lowest BCUT2D eigenvalue weighted by Gasteiger charge is -2.25. The van der Waals surface area contributed by atoms with Crippen LogP contribution in [-0.2, 0) is 20.4 Å². The first-order valence-electron chi connectivity index (χ1n) is 7.22. The fourth-order valence-electron chi connectivity index (χ4n) is 2.21. The Morgan fingerprint density at radius 3 is 2.52 bits per heavy atom. The van der Waals surface area contributed by atoms with Crippen LogP contribution in [0, 0.1) is 6.92 Å². The summed E-state index contributed by atoms with van der Waals surface area (Å²) < 4.78 is 29.2. The van der Waals surface area contributed by atoms with Crippen LogP contribution in [0.3, 0.4) is 0 Å². The van der Waals surface area contributed by atoms with E-state index >= 15 is 0 Å². The van der Waals surface area contributed by atoms with Crippen LogP contribution in [0.1, 0.15) is 30.0 Å². The van der Waals surface area contributed by atoms with Gasteiger partial charge in [0.25, 0.3) is 0 Å². The Hall–Kier alpha value is -2.15. The fourth-order valence-corrected chi connectivity index (χ4v) is 3.46. The molecule has 1 atom stereocenters. The third-order valence-corrected chi connectivity index (χ3v) is 5.05. The molecule has 1 aromatic carbocycles. The molecule has 2 aromatic rings. The van der Waals surface area contributed by atoms with Gasteiger partial charge in [0.05, 0.1) is 11.7 Å². The van der Waals surface area contributed by atoms with Crippen molar-refractivity contribution < 1.29 is 17.7 Å². The van der Waals surface area contributed by atoms with Crippen LogP contribution in [0.5, 0.6) is 0 Å². The zero-order valence-electron chi connectivity index (χ0n) is 13.4. The average Bonchev–Trinajstić information content (AvgIpc) is 2.90. The molecule has 0 N–H and O–H groups in total. The van der Waals surface area contributed by atoms with Crippen molar-refractivity contribution in [3.05, 3.63) is 53.4 Å². The molecule has 0 bridgehead atoms. The van der Waals surface area contributed by atoms with Crippen LogP contribution in [-0.4, -0.2) is 37.2 Å². The summed E-state index contributed by atoms with van der Waals surface area (Å²) in [6.07, 6.45) is 0. The van der Waals surface area contributed by atoms with Crippen molar-refractivity contribution in [1.82, 2.24) is 10.1 Å². The summed E-state index contributed by atoms with van der Waals surface area (Å²) in [5.41, 5.74) is 1.56. The highest BCUT2D eigenvalue weighted by atomic mass is 32.2. The molecular weight excluding hydrogens is 316 g/mol. The van der Waals surface area contributed by atoms with Gasteiger partial charge in [-0.2, -0.15) is 0 Å². The van der Waals surface area contributed by atoms with Crippen molar-refractivity contribution in [1.29, 1.82) is 0 Å². The van der Waals surface area contributed by atoms with E-state index in [-0.39, 0.29) is 17.6 Å². The predicted octanol–water partition coefficient (Wildman–Crippen LogP) is 2.12. The van der Waals surface area contributed by atoms with E-state index in [2.05, 4.69) is 5.16 Å². The molecule has 0 saturated heterocycles. The van der Waals surface area contributed by atoms with Crippen LogP contribution >= 0.6 is 0 Å². The third kappa shape index (κ3) is 4.66. The SMILES string of the molecule is Cc1cc(CS(=O)(=O)CC(=O)N(C)C(C)c2ccccc2)on1. The Kier molecular flexibility index (Phi) is 5.20. The number of nitrogens with zero attached hydrogens (tertiary/aromatic N) is 2. The van der Waals surface area contributed by atoms with Crippen molar-refractivity contribution >= 4 is 15.7 Å². The molecule has 0 aliphatic rings. The molecule has 1 heterocycles. The maximum Gasteiger partial charge on any atom is 0.238 e. The first-order chi connectivity index (χ1) is 10.8. The number of benzene rings is 1. The second kappa shape index (κ2) is 6.95. The van der Waals surface area contributed by atoms with Gasteiger partial charge in [-0.05, 0) is 19.4 Å². The van der Waals surface area contributed by atoms with Crippen LogP contribution in [0.25, 0.3) is 0 Å². The van der Waals surface area contributed by atoms with Crippen molar-refractivity contribution in [3.63, 3.8) is 0 Å². The summed E-state index contributed by atoms with van der Waals surface area (Å²) in [6, 6.07) is 10.8. The molecule has 0 saturated carbocycles. The number of carbonyl (C=O) groups is 1. The van der Waals surface area contributed by atoms with Crippen molar-refractivity contribution in [2.75, 3.05) is 12.8 Å². The zero-order chi connectivity index (χ0) is 17.0. The minimum atomic E-state index is -3.61. The quantitative estimate of drug-likeness (QED) is 0.807. The van der Waals surface area contributed by atoms with Crippen LogP contribution in [0.15, 0.2) is 40.9 Å². The Balaban J connectivity index is 2.02. The van der Waals surface area contributed by atoms with E-state index in [1.807, 2.05) is 37.3 Å². The molecule has 1 unspecified atom stereocenters. The monoisotopic (exact) mass is 336 g/mol. The van der Waals surface area contributed by atoms with Crippen LogP contribution < -0.4 is 0 Å². The molecule has 0 aliphatic carbocycles.